The number of nitrogens with one attached hydrogen (secondary N) is 1. The summed E-state index contributed by atoms with van der Waals surface area (Å²) in [6.45, 7) is 0. The van der Waals surface area contributed by atoms with Crippen LogP contribution in [-0.2, 0) is 0 Å². The van der Waals surface area contributed by atoms with Crippen molar-refractivity contribution in [2.24, 2.45) is 0 Å². The van der Waals surface area contributed by atoms with Gasteiger partial charge in [0.1, 0.15) is 12.2 Å². The van der Waals surface area contributed by atoms with Crippen LogP contribution >= 0.6 is 0 Å². The molecule has 1 aliphatic rings. The summed E-state index contributed by atoms with van der Waals surface area (Å²) in [5.74, 6) is -0.102. The van der Waals surface area contributed by atoms with Gasteiger partial charge in [0.05, 0.1) is 6.08 Å². The molecule has 0 fully saturated rings. The Morgan fingerprint density at radius 2 is 2.00 bits per heavy atom. The summed E-state index contributed by atoms with van der Waals surface area (Å²) in [7, 11) is 0. The molecule has 0 spiro atoms. The molecule has 0 bridgehead atoms. The third-order valence-electron chi connectivity index (χ3n) is 2.00. The van der Waals surface area contributed by atoms with Crippen LogP contribution < -0.4 is 5.32 Å². The summed E-state index contributed by atoms with van der Waals surface area (Å²) in [6.07, 6.45) is 10.1. The summed E-state index contributed by atoms with van der Waals surface area (Å²) in [5.41, 5.74) is 1.41. The molecule has 0 atom stereocenters. The Kier molecular flexibility index (Phi) is 2.72. The fourth-order valence-corrected chi connectivity index (χ4v) is 1.26. The van der Waals surface area contributed by atoms with Gasteiger partial charge < -0.3 is 0 Å². The third kappa shape index (κ3) is 2.39. The van der Waals surface area contributed by atoms with Crippen LogP contribution in [-0.4, -0.2) is 5.91 Å². The topological polar surface area (TPSA) is 29.1 Å². The van der Waals surface area contributed by atoms with Crippen molar-refractivity contribution in [3.63, 3.8) is 0 Å². The van der Waals surface area contributed by atoms with E-state index in [2.05, 4.69) is 11.4 Å². The standard InChI is InChI=1S/C13H9NO/c15-13(11-7-3-1-4-8-11)14-12-9-5-2-6-10-12/h1-5,7-10H/p+1. The molecule has 0 aliphatic heterocycles. The molecule has 2 nitrogen and oxygen atoms in total. The quantitative estimate of drug-likeness (QED) is 0.722. The molecule has 72 valence electrons. The molecule has 0 radical (unpaired) electrons. The van der Waals surface area contributed by atoms with E-state index in [0.717, 1.165) is 5.70 Å². The highest BCUT2D eigenvalue weighted by Gasteiger charge is 2.09. The zero-order valence-electron chi connectivity index (χ0n) is 8.10. The van der Waals surface area contributed by atoms with E-state index in [4.69, 9.17) is 0 Å². The number of rotatable bonds is 2. The smallest absolute Gasteiger partial charge is 0.267 e. The van der Waals surface area contributed by atoms with Gasteiger partial charge in [0.25, 0.3) is 5.91 Å². The molecule has 1 aliphatic carbocycles. The Morgan fingerprint density at radius 1 is 1.20 bits per heavy atom. The van der Waals surface area contributed by atoms with Crippen LogP contribution in [0.2, 0.25) is 0 Å². The number of benzene rings is 1. The summed E-state index contributed by atoms with van der Waals surface area (Å²) in [6, 6.07) is 9.12. The van der Waals surface area contributed by atoms with Crippen LogP contribution in [0.4, 0.5) is 0 Å². The lowest BCUT2D eigenvalue weighted by Gasteiger charge is -2.00. The van der Waals surface area contributed by atoms with Gasteiger partial charge in [-0.15, -0.1) is 0 Å². The number of allylic oxidation sites excluding steroid dienone is 5. The molecule has 1 aromatic carbocycles. The monoisotopic (exact) mass is 196 g/mol. The molecule has 0 saturated carbocycles. The summed E-state index contributed by atoms with van der Waals surface area (Å²) >= 11 is 0. The van der Waals surface area contributed by atoms with E-state index in [1.807, 2.05) is 30.4 Å². The minimum atomic E-state index is -0.102. The number of hydrogen-bond acceptors (Lipinski definition) is 1. The van der Waals surface area contributed by atoms with Gasteiger partial charge in [-0.25, -0.2) is 0 Å². The number of carbonyl (C=O) groups excluding carboxylic acids is 1. The van der Waals surface area contributed by atoms with Gasteiger partial charge in [-0.3, -0.25) is 10.1 Å². The molecular weight excluding hydrogens is 186 g/mol. The fraction of sp³-hybridized carbons (Fsp3) is 0. The molecule has 15 heavy (non-hydrogen) atoms. The Labute approximate surface area is 88.6 Å². The van der Waals surface area contributed by atoms with E-state index in [1.54, 1.807) is 24.3 Å². The van der Waals surface area contributed by atoms with Gasteiger partial charge in [0, 0.05) is 17.7 Å². The minimum absolute atomic E-state index is 0.102. The first-order valence-corrected chi connectivity index (χ1v) is 4.69. The van der Waals surface area contributed by atoms with Crippen molar-refractivity contribution < 1.29 is 4.79 Å². The second-order valence-electron chi connectivity index (χ2n) is 3.11. The normalized spacial score (nSPS) is 12.9. The molecule has 0 unspecified atom stereocenters. The molecule has 2 heteroatoms. The minimum Gasteiger partial charge on any atom is -0.268 e. The zero-order valence-corrected chi connectivity index (χ0v) is 8.10. The van der Waals surface area contributed by atoms with Gasteiger partial charge in [0.15, 0.2) is 5.70 Å². The fourth-order valence-electron chi connectivity index (χ4n) is 1.26. The van der Waals surface area contributed by atoms with Gasteiger partial charge in [0.2, 0.25) is 0 Å². The molecule has 2 rings (SSSR count). The second kappa shape index (κ2) is 4.36. The highest BCUT2D eigenvalue weighted by molar-refractivity contribution is 5.95. The van der Waals surface area contributed by atoms with Crippen LogP contribution in [0.5, 0.6) is 0 Å². The van der Waals surface area contributed by atoms with Crippen molar-refractivity contribution in [1.29, 1.82) is 0 Å². The van der Waals surface area contributed by atoms with Crippen molar-refractivity contribution in [1.82, 2.24) is 5.32 Å². The Hall–Kier alpha value is -2.18. The maximum atomic E-state index is 11.7. The average molecular weight is 196 g/mol. The second-order valence-corrected chi connectivity index (χ2v) is 3.11. The van der Waals surface area contributed by atoms with Gasteiger partial charge >= 0.3 is 0 Å². The van der Waals surface area contributed by atoms with Crippen molar-refractivity contribution in [2.45, 2.75) is 0 Å². The van der Waals surface area contributed by atoms with Gasteiger partial charge in [-0.05, 0) is 12.1 Å². The van der Waals surface area contributed by atoms with Crippen LogP contribution in [0.25, 0.3) is 0 Å². The maximum Gasteiger partial charge on any atom is 0.267 e. The first kappa shape index (κ1) is 9.38. The van der Waals surface area contributed by atoms with Crippen LogP contribution in [0.1, 0.15) is 10.4 Å². The molecular formula is C13H10NO+. The first-order valence-electron chi connectivity index (χ1n) is 4.69. The van der Waals surface area contributed by atoms with Crippen molar-refractivity contribution in [2.75, 3.05) is 0 Å². The third-order valence-corrected chi connectivity index (χ3v) is 2.00. The van der Waals surface area contributed by atoms with Gasteiger partial charge in [-0.2, -0.15) is 0 Å². The van der Waals surface area contributed by atoms with Crippen LogP contribution in [0, 0.1) is 6.08 Å². The largest absolute Gasteiger partial charge is 0.268 e. The molecule has 0 saturated heterocycles. The Bertz CT molecular complexity index is 441. The molecule has 1 aromatic rings. The lowest BCUT2D eigenvalue weighted by molar-refractivity contribution is 0.0967. The Balaban J connectivity index is 2.08. The highest BCUT2D eigenvalue weighted by atomic mass is 16.1. The molecule has 0 heterocycles. The maximum absolute atomic E-state index is 11.7. The average Bonchev–Trinajstić information content (AvgIpc) is 2.31. The Morgan fingerprint density at radius 3 is 2.67 bits per heavy atom. The SMILES string of the molecule is O=C(NC1=CC=C[C+]=C1)c1ccccc1. The van der Waals surface area contributed by atoms with E-state index in [0.29, 0.717) is 5.56 Å². The van der Waals surface area contributed by atoms with Crippen LogP contribution in [0.3, 0.4) is 0 Å². The van der Waals surface area contributed by atoms with Gasteiger partial charge in [-0.1, -0.05) is 18.2 Å². The van der Waals surface area contributed by atoms with Crippen molar-refractivity contribution in [3.8, 4) is 0 Å². The van der Waals surface area contributed by atoms with E-state index < -0.39 is 0 Å². The lowest BCUT2D eigenvalue weighted by Crippen LogP contribution is -2.21. The molecule has 1 N–H and O–H groups in total. The van der Waals surface area contributed by atoms with Crippen molar-refractivity contribution in [3.05, 3.63) is 72.0 Å². The van der Waals surface area contributed by atoms with Crippen LogP contribution in [0.15, 0.2) is 60.3 Å². The molecule has 0 aromatic heterocycles. The summed E-state index contributed by atoms with van der Waals surface area (Å²) in [5, 5.41) is 2.79. The van der Waals surface area contributed by atoms with E-state index >= 15 is 0 Å². The number of amides is 1. The van der Waals surface area contributed by atoms with E-state index in [-0.39, 0.29) is 5.91 Å². The van der Waals surface area contributed by atoms with Crippen molar-refractivity contribution >= 4 is 5.91 Å². The highest BCUT2D eigenvalue weighted by Crippen LogP contribution is 2.03. The number of carbonyl (C=O) groups is 1. The zero-order chi connectivity index (χ0) is 10.5. The predicted molar refractivity (Wildman–Crippen MR) is 58.9 cm³/mol. The number of hydrogen-bond donors (Lipinski definition) is 1. The lowest BCUT2D eigenvalue weighted by atomic mass is 10.2. The molecule has 1 amide bonds. The summed E-state index contributed by atoms with van der Waals surface area (Å²) in [4.78, 5) is 11.7. The predicted octanol–water partition coefficient (Wildman–Crippen LogP) is 2.23. The van der Waals surface area contributed by atoms with E-state index in [9.17, 15) is 4.79 Å². The van der Waals surface area contributed by atoms with E-state index in [1.165, 1.54) is 0 Å². The summed E-state index contributed by atoms with van der Waals surface area (Å²) < 4.78 is 0. The first-order chi connectivity index (χ1) is 7.36.